The van der Waals surface area contributed by atoms with Crippen molar-refractivity contribution in [2.24, 2.45) is 5.92 Å². The lowest BCUT2D eigenvalue weighted by Gasteiger charge is -2.38. The first-order chi connectivity index (χ1) is 16.8. The molecule has 35 heavy (non-hydrogen) atoms. The second kappa shape index (κ2) is 11.2. The number of likely N-dealkylation sites (tertiary alicyclic amines) is 1. The van der Waals surface area contributed by atoms with Gasteiger partial charge in [-0.25, -0.2) is 9.18 Å². The third-order valence-corrected chi connectivity index (χ3v) is 7.55. The van der Waals surface area contributed by atoms with Crippen LogP contribution in [0, 0.1) is 23.1 Å². The average Bonchev–Trinajstić information content (AvgIpc) is 3.66. The quantitative estimate of drug-likeness (QED) is 0.379. The summed E-state index contributed by atoms with van der Waals surface area (Å²) < 4.78 is 20.4. The van der Waals surface area contributed by atoms with E-state index in [0.717, 1.165) is 62.7 Å². The summed E-state index contributed by atoms with van der Waals surface area (Å²) in [6.07, 6.45) is 5.61. The lowest BCUT2D eigenvalue weighted by molar-refractivity contribution is 0.0691. The Labute approximate surface area is 215 Å². The van der Waals surface area contributed by atoms with E-state index >= 15 is 0 Å². The molecule has 1 saturated heterocycles. The zero-order chi connectivity index (χ0) is 25.1. The summed E-state index contributed by atoms with van der Waals surface area (Å²) in [6.45, 7) is 4.27. The van der Waals surface area contributed by atoms with Crippen LogP contribution in [0.1, 0.15) is 84.5 Å². The number of carboxylic acid groups (broad SMARTS) is 1. The first kappa shape index (κ1) is 25.8. The van der Waals surface area contributed by atoms with Gasteiger partial charge in [0.05, 0.1) is 22.8 Å². The summed E-state index contributed by atoms with van der Waals surface area (Å²) in [5.41, 5.74) is 1.86. The molecule has 2 aromatic rings. The Morgan fingerprint density at radius 1 is 1.23 bits per heavy atom. The molecule has 0 radical (unpaired) electrons. The minimum absolute atomic E-state index is 0.0619. The molecule has 2 aromatic carbocycles. The van der Waals surface area contributed by atoms with Crippen LogP contribution in [-0.2, 0) is 0 Å². The molecule has 1 heterocycles. The number of ether oxygens (including phenoxy) is 1. The van der Waals surface area contributed by atoms with Crippen molar-refractivity contribution < 1.29 is 19.0 Å². The molecule has 8 heteroatoms. The summed E-state index contributed by atoms with van der Waals surface area (Å²) in [4.78, 5) is 13.7. The van der Waals surface area contributed by atoms with E-state index in [1.807, 2.05) is 6.07 Å². The van der Waals surface area contributed by atoms with Crippen molar-refractivity contribution in [3.8, 4) is 11.8 Å². The molecule has 2 fully saturated rings. The van der Waals surface area contributed by atoms with Gasteiger partial charge in [0.25, 0.3) is 0 Å². The Hall–Kier alpha value is -2.33. The first-order valence-electron chi connectivity index (χ1n) is 12.1. The average molecular weight is 519 g/mol. The number of rotatable bonds is 9. The summed E-state index contributed by atoms with van der Waals surface area (Å²) in [5, 5.41) is 19.8. The predicted molar refractivity (Wildman–Crippen MR) is 134 cm³/mol. The van der Waals surface area contributed by atoms with E-state index in [-0.39, 0.29) is 17.5 Å². The normalized spacial score (nSPS) is 17.7. The molecule has 0 spiro atoms. The second-order valence-electron chi connectivity index (χ2n) is 9.51. The molecule has 1 N–H and O–H groups in total. The molecule has 1 unspecified atom stereocenters. The number of hydrogen-bond donors (Lipinski definition) is 1. The Bertz CT molecular complexity index is 1140. The van der Waals surface area contributed by atoms with Gasteiger partial charge in [0.15, 0.2) is 0 Å². The SMILES string of the molecule is CCCC(c1cc(Cl)cc(Cl)c1C#N)N1CCC(COc2cc(F)c(C(=O)O)cc2C2CC2)CC1. The number of benzene rings is 2. The highest BCUT2D eigenvalue weighted by Gasteiger charge is 2.31. The van der Waals surface area contributed by atoms with Crippen LogP contribution in [-0.4, -0.2) is 35.7 Å². The fourth-order valence-corrected chi connectivity index (χ4v) is 5.55. The van der Waals surface area contributed by atoms with Crippen LogP contribution >= 0.6 is 23.2 Å². The van der Waals surface area contributed by atoms with Crippen molar-refractivity contribution in [3.63, 3.8) is 0 Å². The highest BCUT2D eigenvalue weighted by molar-refractivity contribution is 6.35. The molecular weight excluding hydrogens is 490 g/mol. The van der Waals surface area contributed by atoms with Crippen molar-refractivity contribution >= 4 is 29.2 Å². The third-order valence-electron chi connectivity index (χ3n) is 7.03. The minimum atomic E-state index is -1.26. The van der Waals surface area contributed by atoms with Crippen LogP contribution in [0.3, 0.4) is 0 Å². The number of carboxylic acids is 1. The molecule has 1 aliphatic carbocycles. The molecule has 1 saturated carbocycles. The van der Waals surface area contributed by atoms with E-state index in [0.29, 0.717) is 33.9 Å². The summed E-state index contributed by atoms with van der Waals surface area (Å²) in [7, 11) is 0. The second-order valence-corrected chi connectivity index (χ2v) is 10.4. The summed E-state index contributed by atoms with van der Waals surface area (Å²) >= 11 is 12.6. The topological polar surface area (TPSA) is 73.6 Å². The molecule has 0 aromatic heterocycles. The number of nitriles is 1. The molecule has 4 rings (SSSR count). The van der Waals surface area contributed by atoms with Crippen LogP contribution in [0.2, 0.25) is 10.0 Å². The van der Waals surface area contributed by atoms with E-state index in [2.05, 4.69) is 17.9 Å². The molecule has 0 bridgehead atoms. The van der Waals surface area contributed by atoms with Gasteiger partial charge in [-0.15, -0.1) is 0 Å². The number of aromatic carboxylic acids is 1. The van der Waals surface area contributed by atoms with Gasteiger partial charge in [0.1, 0.15) is 17.6 Å². The monoisotopic (exact) mass is 518 g/mol. The standard InChI is InChI=1S/C27H29Cl2FN2O3/c1-2-3-25(20-10-18(28)11-23(29)22(20)14-31)32-8-6-16(7-9-32)15-35-26-13-24(30)21(27(33)34)12-19(26)17-4-5-17/h10-13,16-17,25H,2-9,15H2,1H3,(H,33,34). The Balaban J connectivity index is 1.42. The number of carbonyl (C=O) groups is 1. The van der Waals surface area contributed by atoms with Gasteiger partial charge >= 0.3 is 5.97 Å². The molecule has 1 atom stereocenters. The zero-order valence-corrected chi connectivity index (χ0v) is 21.2. The van der Waals surface area contributed by atoms with Crippen LogP contribution < -0.4 is 4.74 Å². The van der Waals surface area contributed by atoms with Gasteiger partial charge < -0.3 is 9.84 Å². The highest BCUT2D eigenvalue weighted by Crippen LogP contribution is 2.45. The number of hydrogen-bond acceptors (Lipinski definition) is 4. The molecular formula is C27H29Cl2FN2O3. The van der Waals surface area contributed by atoms with Crippen molar-refractivity contribution in [1.82, 2.24) is 4.90 Å². The molecule has 186 valence electrons. The maximum absolute atomic E-state index is 14.3. The van der Waals surface area contributed by atoms with E-state index in [4.69, 9.17) is 27.9 Å². The lowest BCUT2D eigenvalue weighted by Crippen LogP contribution is -2.38. The Morgan fingerprint density at radius 2 is 1.94 bits per heavy atom. The smallest absolute Gasteiger partial charge is 0.338 e. The van der Waals surface area contributed by atoms with E-state index in [1.165, 1.54) is 12.1 Å². The lowest BCUT2D eigenvalue weighted by atomic mass is 9.91. The third kappa shape index (κ3) is 5.91. The van der Waals surface area contributed by atoms with Gasteiger partial charge in [-0.2, -0.15) is 5.26 Å². The zero-order valence-electron chi connectivity index (χ0n) is 19.7. The van der Waals surface area contributed by atoms with Gasteiger partial charge in [0.2, 0.25) is 0 Å². The largest absolute Gasteiger partial charge is 0.493 e. The van der Waals surface area contributed by atoms with Crippen LogP contribution in [0.5, 0.6) is 5.75 Å². The van der Waals surface area contributed by atoms with E-state index in [1.54, 1.807) is 6.07 Å². The van der Waals surface area contributed by atoms with Crippen LogP contribution in [0.15, 0.2) is 24.3 Å². The molecule has 1 aliphatic heterocycles. The van der Waals surface area contributed by atoms with Gasteiger partial charge in [0, 0.05) is 17.1 Å². The molecule has 5 nitrogen and oxygen atoms in total. The number of nitrogens with zero attached hydrogens (tertiary/aromatic N) is 2. The van der Waals surface area contributed by atoms with Gasteiger partial charge in [-0.05, 0) is 86.4 Å². The van der Waals surface area contributed by atoms with Gasteiger partial charge in [-0.1, -0.05) is 36.5 Å². The van der Waals surface area contributed by atoms with Crippen LogP contribution in [0.25, 0.3) is 0 Å². The minimum Gasteiger partial charge on any atom is -0.493 e. The van der Waals surface area contributed by atoms with Crippen molar-refractivity contribution in [2.75, 3.05) is 19.7 Å². The Morgan fingerprint density at radius 3 is 2.54 bits per heavy atom. The van der Waals surface area contributed by atoms with E-state index in [9.17, 15) is 19.6 Å². The molecule has 0 amide bonds. The Kier molecular flexibility index (Phi) is 8.21. The number of piperidine rings is 1. The van der Waals surface area contributed by atoms with Crippen molar-refractivity contribution in [2.45, 2.75) is 57.4 Å². The van der Waals surface area contributed by atoms with Crippen molar-refractivity contribution in [1.29, 1.82) is 5.26 Å². The predicted octanol–water partition coefficient (Wildman–Crippen LogP) is 7.21. The van der Waals surface area contributed by atoms with Crippen LogP contribution in [0.4, 0.5) is 4.39 Å². The maximum Gasteiger partial charge on any atom is 0.338 e. The molecule has 2 aliphatic rings. The summed E-state index contributed by atoms with van der Waals surface area (Å²) in [6, 6.07) is 8.44. The maximum atomic E-state index is 14.3. The van der Waals surface area contributed by atoms with Crippen molar-refractivity contribution in [3.05, 3.63) is 62.4 Å². The fourth-order valence-electron chi connectivity index (χ4n) is 5.00. The van der Waals surface area contributed by atoms with Gasteiger partial charge in [-0.3, -0.25) is 4.90 Å². The first-order valence-corrected chi connectivity index (χ1v) is 12.9. The number of halogens is 3. The van der Waals surface area contributed by atoms with E-state index < -0.39 is 11.8 Å². The summed E-state index contributed by atoms with van der Waals surface area (Å²) in [5.74, 6) is -0.998. The highest BCUT2D eigenvalue weighted by atomic mass is 35.5. The fraction of sp³-hybridized carbons (Fsp3) is 0.481.